The molecule has 15 heavy (non-hydrogen) atoms. The molecule has 2 heteroatoms. The number of ether oxygens (including phenoxy) is 1. The minimum absolute atomic E-state index is 0.612. The summed E-state index contributed by atoms with van der Waals surface area (Å²) in [5.74, 6) is 0.955. The average molecular weight is 211 g/mol. The smallest absolute Gasteiger partial charge is 0.0587 e. The lowest BCUT2D eigenvalue weighted by atomic mass is 9.89. The molecule has 2 rings (SSSR count). The fraction of sp³-hybridized carbons (Fsp3) is 1.00. The van der Waals surface area contributed by atoms with Crippen molar-refractivity contribution in [2.75, 3.05) is 26.8 Å². The molecular weight excluding hydrogens is 186 g/mol. The number of methoxy groups -OCH3 is 1. The van der Waals surface area contributed by atoms with Crippen LogP contribution in [0, 0.1) is 16.7 Å². The summed E-state index contributed by atoms with van der Waals surface area (Å²) in [6.07, 6.45) is 5.82. The van der Waals surface area contributed by atoms with Crippen LogP contribution in [0.4, 0.5) is 0 Å². The first kappa shape index (κ1) is 11.4. The van der Waals surface area contributed by atoms with Crippen LogP contribution >= 0.6 is 0 Å². The average Bonchev–Trinajstić information content (AvgIpc) is 2.73. The van der Waals surface area contributed by atoms with Gasteiger partial charge in [-0.25, -0.2) is 0 Å². The summed E-state index contributed by atoms with van der Waals surface area (Å²) in [6, 6.07) is 0. The van der Waals surface area contributed by atoms with Gasteiger partial charge >= 0.3 is 0 Å². The molecule has 0 bridgehead atoms. The standard InChI is InChI=1S/C13H25NO/c1-12(2)4-5-13(10-12)8-11(13)9-14-6-7-15-3/h11,14H,4-10H2,1-3H3. The van der Waals surface area contributed by atoms with Crippen molar-refractivity contribution in [2.24, 2.45) is 16.7 Å². The SMILES string of the molecule is COCCNCC1CC12CCC(C)(C)C2. The van der Waals surface area contributed by atoms with Crippen molar-refractivity contribution in [3.8, 4) is 0 Å². The van der Waals surface area contributed by atoms with Crippen LogP contribution in [0.3, 0.4) is 0 Å². The van der Waals surface area contributed by atoms with Crippen molar-refractivity contribution in [3.63, 3.8) is 0 Å². The first-order chi connectivity index (χ1) is 7.08. The number of nitrogens with one attached hydrogen (secondary N) is 1. The van der Waals surface area contributed by atoms with Gasteiger partial charge in [-0.15, -0.1) is 0 Å². The summed E-state index contributed by atoms with van der Waals surface area (Å²) >= 11 is 0. The molecule has 2 fully saturated rings. The summed E-state index contributed by atoms with van der Waals surface area (Å²) in [4.78, 5) is 0. The maximum Gasteiger partial charge on any atom is 0.0587 e. The number of rotatable bonds is 5. The topological polar surface area (TPSA) is 21.3 Å². The molecular formula is C13H25NO. The minimum atomic E-state index is 0.612. The molecule has 0 heterocycles. The van der Waals surface area contributed by atoms with E-state index in [1.54, 1.807) is 7.11 Å². The Balaban J connectivity index is 1.67. The molecule has 0 amide bonds. The van der Waals surface area contributed by atoms with Gasteiger partial charge in [0.15, 0.2) is 0 Å². The Morgan fingerprint density at radius 1 is 1.33 bits per heavy atom. The molecule has 2 nitrogen and oxygen atoms in total. The van der Waals surface area contributed by atoms with Crippen molar-refractivity contribution in [1.29, 1.82) is 0 Å². The van der Waals surface area contributed by atoms with Gasteiger partial charge in [-0.3, -0.25) is 0 Å². The van der Waals surface area contributed by atoms with E-state index in [2.05, 4.69) is 19.2 Å². The molecule has 88 valence electrons. The lowest BCUT2D eigenvalue weighted by Crippen LogP contribution is -2.23. The first-order valence-electron chi connectivity index (χ1n) is 6.28. The normalized spacial score (nSPS) is 37.4. The highest BCUT2D eigenvalue weighted by Gasteiger charge is 2.58. The second-order valence-corrected chi connectivity index (χ2v) is 6.30. The molecule has 0 aromatic carbocycles. The van der Waals surface area contributed by atoms with E-state index in [1.807, 2.05) is 0 Å². The van der Waals surface area contributed by atoms with Gasteiger partial charge in [0.1, 0.15) is 0 Å². The first-order valence-corrected chi connectivity index (χ1v) is 6.28. The van der Waals surface area contributed by atoms with E-state index in [1.165, 1.54) is 32.2 Å². The van der Waals surface area contributed by atoms with E-state index in [9.17, 15) is 0 Å². The van der Waals surface area contributed by atoms with E-state index < -0.39 is 0 Å². The van der Waals surface area contributed by atoms with Crippen molar-refractivity contribution in [1.82, 2.24) is 5.32 Å². The molecule has 1 N–H and O–H groups in total. The lowest BCUT2D eigenvalue weighted by Gasteiger charge is -2.17. The van der Waals surface area contributed by atoms with Crippen LogP contribution < -0.4 is 5.32 Å². The van der Waals surface area contributed by atoms with Gasteiger partial charge in [-0.05, 0) is 49.0 Å². The third kappa shape index (κ3) is 2.54. The third-order valence-electron chi connectivity index (χ3n) is 4.36. The zero-order chi connectivity index (χ0) is 10.9. The maximum absolute atomic E-state index is 5.03. The zero-order valence-electron chi connectivity index (χ0n) is 10.4. The maximum atomic E-state index is 5.03. The van der Waals surface area contributed by atoms with Crippen LogP contribution in [0.25, 0.3) is 0 Å². The van der Waals surface area contributed by atoms with Crippen LogP contribution in [0.1, 0.15) is 39.5 Å². The fourth-order valence-electron chi connectivity index (χ4n) is 3.41. The van der Waals surface area contributed by atoms with Gasteiger partial charge in [-0.2, -0.15) is 0 Å². The van der Waals surface area contributed by atoms with E-state index in [-0.39, 0.29) is 0 Å². The van der Waals surface area contributed by atoms with E-state index in [0.717, 1.165) is 24.5 Å². The minimum Gasteiger partial charge on any atom is -0.383 e. The van der Waals surface area contributed by atoms with Crippen LogP contribution in [0.2, 0.25) is 0 Å². The molecule has 0 saturated heterocycles. The predicted octanol–water partition coefficient (Wildman–Crippen LogP) is 2.44. The Morgan fingerprint density at radius 2 is 2.13 bits per heavy atom. The summed E-state index contributed by atoms with van der Waals surface area (Å²) in [7, 11) is 1.76. The van der Waals surface area contributed by atoms with Crippen molar-refractivity contribution >= 4 is 0 Å². The molecule has 2 aliphatic rings. The lowest BCUT2D eigenvalue weighted by molar-refractivity contribution is 0.198. The van der Waals surface area contributed by atoms with Crippen molar-refractivity contribution in [3.05, 3.63) is 0 Å². The molecule has 0 aromatic rings. The van der Waals surface area contributed by atoms with E-state index in [0.29, 0.717) is 5.41 Å². The number of hydrogen-bond donors (Lipinski definition) is 1. The summed E-state index contributed by atoms with van der Waals surface area (Å²) < 4.78 is 5.03. The largest absolute Gasteiger partial charge is 0.383 e. The molecule has 0 aromatic heterocycles. The molecule has 0 aliphatic heterocycles. The van der Waals surface area contributed by atoms with Crippen LogP contribution in [0.5, 0.6) is 0 Å². The third-order valence-corrected chi connectivity index (χ3v) is 4.36. The fourth-order valence-corrected chi connectivity index (χ4v) is 3.41. The molecule has 2 unspecified atom stereocenters. The Labute approximate surface area is 93.8 Å². The Bertz CT molecular complexity index is 227. The Hall–Kier alpha value is -0.0800. The molecule has 0 radical (unpaired) electrons. The van der Waals surface area contributed by atoms with Gasteiger partial charge in [0.2, 0.25) is 0 Å². The Kier molecular flexibility index (Phi) is 3.09. The number of hydrogen-bond acceptors (Lipinski definition) is 2. The zero-order valence-corrected chi connectivity index (χ0v) is 10.4. The second-order valence-electron chi connectivity index (χ2n) is 6.30. The monoisotopic (exact) mass is 211 g/mol. The van der Waals surface area contributed by atoms with Gasteiger partial charge in [-0.1, -0.05) is 13.8 Å². The summed E-state index contributed by atoms with van der Waals surface area (Å²) in [6.45, 7) is 7.90. The van der Waals surface area contributed by atoms with Crippen LogP contribution in [0.15, 0.2) is 0 Å². The highest BCUT2D eigenvalue weighted by molar-refractivity contribution is 5.09. The summed E-state index contributed by atoms with van der Waals surface area (Å²) in [5.41, 5.74) is 1.35. The quantitative estimate of drug-likeness (QED) is 0.705. The van der Waals surface area contributed by atoms with Crippen LogP contribution in [-0.2, 0) is 4.74 Å². The van der Waals surface area contributed by atoms with Gasteiger partial charge in [0, 0.05) is 13.7 Å². The molecule has 2 atom stereocenters. The molecule has 2 saturated carbocycles. The Morgan fingerprint density at radius 3 is 2.73 bits per heavy atom. The highest BCUT2D eigenvalue weighted by atomic mass is 16.5. The molecule has 2 aliphatic carbocycles. The van der Waals surface area contributed by atoms with Gasteiger partial charge in [0.25, 0.3) is 0 Å². The summed E-state index contributed by atoms with van der Waals surface area (Å²) in [5, 5.41) is 3.50. The van der Waals surface area contributed by atoms with Gasteiger partial charge < -0.3 is 10.1 Å². The van der Waals surface area contributed by atoms with E-state index in [4.69, 9.17) is 4.74 Å². The van der Waals surface area contributed by atoms with Gasteiger partial charge in [0.05, 0.1) is 6.61 Å². The van der Waals surface area contributed by atoms with Crippen LogP contribution in [-0.4, -0.2) is 26.8 Å². The predicted molar refractivity (Wildman–Crippen MR) is 62.9 cm³/mol. The van der Waals surface area contributed by atoms with Crippen molar-refractivity contribution < 1.29 is 4.74 Å². The van der Waals surface area contributed by atoms with Crippen molar-refractivity contribution in [2.45, 2.75) is 39.5 Å². The molecule has 1 spiro atoms. The second kappa shape index (κ2) is 4.06. The van der Waals surface area contributed by atoms with E-state index >= 15 is 0 Å². The highest BCUT2D eigenvalue weighted by Crippen LogP contribution is 2.66.